The van der Waals surface area contributed by atoms with Gasteiger partial charge in [-0.3, -0.25) is 4.79 Å². The highest BCUT2D eigenvalue weighted by Gasteiger charge is 2.27. The molecule has 108 valence electrons. The molecule has 0 radical (unpaired) electrons. The zero-order valence-corrected chi connectivity index (χ0v) is 10.8. The third-order valence-electron chi connectivity index (χ3n) is 3.59. The molecule has 20 heavy (non-hydrogen) atoms. The minimum absolute atomic E-state index is 0.0306. The fraction of sp³-hybridized carbons (Fsp3) is 0.429. The Bertz CT molecular complexity index is 532. The number of aliphatic carboxylic acids is 1. The van der Waals surface area contributed by atoms with Gasteiger partial charge in [-0.1, -0.05) is 6.42 Å². The van der Waals surface area contributed by atoms with Crippen molar-refractivity contribution in [2.24, 2.45) is 5.92 Å². The first-order chi connectivity index (χ1) is 9.47. The van der Waals surface area contributed by atoms with Gasteiger partial charge in [0.2, 0.25) is 0 Å². The minimum atomic E-state index is -1.32. The second-order valence-electron chi connectivity index (χ2n) is 5.04. The normalized spacial score (nSPS) is 22.2. The maximum absolute atomic E-state index is 13.3. The van der Waals surface area contributed by atoms with E-state index in [-0.39, 0.29) is 17.5 Å². The van der Waals surface area contributed by atoms with E-state index in [1.807, 2.05) is 0 Å². The van der Waals surface area contributed by atoms with Gasteiger partial charge in [0, 0.05) is 11.7 Å². The second kappa shape index (κ2) is 5.90. The van der Waals surface area contributed by atoms with Gasteiger partial charge in [0.15, 0.2) is 0 Å². The Morgan fingerprint density at radius 2 is 2.00 bits per heavy atom. The van der Waals surface area contributed by atoms with Gasteiger partial charge in [-0.2, -0.15) is 0 Å². The molecule has 1 aromatic carbocycles. The van der Waals surface area contributed by atoms with Crippen molar-refractivity contribution < 1.29 is 24.2 Å². The molecule has 1 aliphatic rings. The van der Waals surface area contributed by atoms with Gasteiger partial charge in [-0.05, 0) is 37.5 Å². The molecule has 2 rings (SSSR count). The number of carboxylic acid groups (broad SMARTS) is 2. The summed E-state index contributed by atoms with van der Waals surface area (Å²) in [5.74, 6) is -3.28. The largest absolute Gasteiger partial charge is 0.481 e. The standard InChI is InChI=1S/C14H16FNO4/c15-12-5-4-10(7-11(12)14(19)20)16-9-3-1-2-8(6-9)13(17)18/h4-5,7-9,16H,1-3,6H2,(H,17,18)(H,19,20). The highest BCUT2D eigenvalue weighted by atomic mass is 19.1. The highest BCUT2D eigenvalue weighted by molar-refractivity contribution is 5.89. The summed E-state index contributed by atoms with van der Waals surface area (Å²) in [5, 5.41) is 21.0. The minimum Gasteiger partial charge on any atom is -0.481 e. The summed E-state index contributed by atoms with van der Waals surface area (Å²) in [6.45, 7) is 0. The Hall–Kier alpha value is -2.11. The van der Waals surface area contributed by atoms with Gasteiger partial charge >= 0.3 is 11.9 Å². The molecule has 0 bridgehead atoms. The van der Waals surface area contributed by atoms with E-state index >= 15 is 0 Å². The van der Waals surface area contributed by atoms with Crippen LogP contribution in [0.5, 0.6) is 0 Å². The average Bonchev–Trinajstić information content (AvgIpc) is 2.41. The van der Waals surface area contributed by atoms with Crippen LogP contribution in [0.1, 0.15) is 36.0 Å². The van der Waals surface area contributed by atoms with Crippen molar-refractivity contribution in [3.8, 4) is 0 Å². The lowest BCUT2D eigenvalue weighted by Gasteiger charge is -2.28. The molecule has 0 aliphatic heterocycles. The van der Waals surface area contributed by atoms with E-state index in [1.165, 1.54) is 12.1 Å². The highest BCUT2D eigenvalue weighted by Crippen LogP contribution is 2.27. The van der Waals surface area contributed by atoms with Crippen molar-refractivity contribution in [2.45, 2.75) is 31.7 Å². The van der Waals surface area contributed by atoms with Crippen molar-refractivity contribution in [3.05, 3.63) is 29.6 Å². The van der Waals surface area contributed by atoms with Crippen LogP contribution in [0, 0.1) is 11.7 Å². The van der Waals surface area contributed by atoms with Crippen molar-refractivity contribution in [1.82, 2.24) is 0 Å². The van der Waals surface area contributed by atoms with Gasteiger partial charge in [0.1, 0.15) is 5.82 Å². The van der Waals surface area contributed by atoms with Crippen molar-refractivity contribution in [1.29, 1.82) is 0 Å². The fourth-order valence-electron chi connectivity index (χ4n) is 2.56. The molecule has 0 aromatic heterocycles. The first-order valence-corrected chi connectivity index (χ1v) is 6.49. The van der Waals surface area contributed by atoms with Gasteiger partial charge in [0.25, 0.3) is 0 Å². The lowest BCUT2D eigenvalue weighted by atomic mass is 9.85. The predicted molar refractivity (Wildman–Crippen MR) is 70.4 cm³/mol. The molecule has 2 unspecified atom stereocenters. The Morgan fingerprint density at radius 1 is 1.25 bits per heavy atom. The van der Waals surface area contributed by atoms with Crippen molar-refractivity contribution in [3.63, 3.8) is 0 Å². The van der Waals surface area contributed by atoms with Gasteiger partial charge in [-0.15, -0.1) is 0 Å². The summed E-state index contributed by atoms with van der Waals surface area (Å²) in [6, 6.07) is 3.77. The summed E-state index contributed by atoms with van der Waals surface area (Å²) in [4.78, 5) is 21.8. The Kier molecular flexibility index (Phi) is 4.22. The van der Waals surface area contributed by atoms with Crippen LogP contribution < -0.4 is 5.32 Å². The summed E-state index contributed by atoms with van der Waals surface area (Å²) in [5.41, 5.74) is 0.112. The van der Waals surface area contributed by atoms with Crippen LogP contribution in [-0.2, 0) is 4.79 Å². The molecule has 0 amide bonds. The number of aromatic carboxylic acids is 1. The zero-order chi connectivity index (χ0) is 14.7. The first-order valence-electron chi connectivity index (χ1n) is 6.49. The van der Waals surface area contributed by atoms with Crippen LogP contribution in [0.25, 0.3) is 0 Å². The number of anilines is 1. The molecule has 2 atom stereocenters. The predicted octanol–water partition coefficient (Wildman–Crippen LogP) is 2.58. The van der Waals surface area contributed by atoms with Gasteiger partial charge in [0.05, 0.1) is 11.5 Å². The number of benzene rings is 1. The molecule has 5 nitrogen and oxygen atoms in total. The van der Waals surface area contributed by atoms with Gasteiger partial charge in [-0.25, -0.2) is 9.18 Å². The van der Waals surface area contributed by atoms with E-state index in [0.717, 1.165) is 18.9 Å². The second-order valence-corrected chi connectivity index (χ2v) is 5.04. The Morgan fingerprint density at radius 3 is 2.65 bits per heavy atom. The molecule has 1 saturated carbocycles. The average molecular weight is 281 g/mol. The van der Waals surface area contributed by atoms with Crippen LogP contribution in [0.4, 0.5) is 10.1 Å². The van der Waals surface area contributed by atoms with Crippen LogP contribution in [0.2, 0.25) is 0 Å². The van der Waals surface area contributed by atoms with Crippen LogP contribution in [-0.4, -0.2) is 28.2 Å². The first kappa shape index (κ1) is 14.3. The smallest absolute Gasteiger partial charge is 0.338 e. The van der Waals surface area contributed by atoms with Gasteiger partial charge < -0.3 is 15.5 Å². The maximum atomic E-state index is 13.3. The molecule has 0 spiro atoms. The summed E-state index contributed by atoms with van der Waals surface area (Å²) in [7, 11) is 0. The van der Waals surface area contributed by atoms with E-state index in [9.17, 15) is 14.0 Å². The number of rotatable bonds is 4. The monoisotopic (exact) mass is 281 g/mol. The van der Waals surface area contributed by atoms with Crippen LogP contribution in [0.3, 0.4) is 0 Å². The molecule has 1 fully saturated rings. The van der Waals surface area contributed by atoms with E-state index in [2.05, 4.69) is 5.32 Å². The number of carbonyl (C=O) groups is 2. The van der Waals surface area contributed by atoms with Crippen LogP contribution >= 0.6 is 0 Å². The van der Waals surface area contributed by atoms with E-state index in [4.69, 9.17) is 10.2 Å². The third-order valence-corrected chi connectivity index (χ3v) is 3.59. The fourth-order valence-corrected chi connectivity index (χ4v) is 2.56. The maximum Gasteiger partial charge on any atom is 0.338 e. The third kappa shape index (κ3) is 3.26. The molecule has 1 aliphatic carbocycles. The molecule has 1 aromatic rings. The lowest BCUT2D eigenvalue weighted by Crippen LogP contribution is -2.31. The molecular weight excluding hydrogens is 265 g/mol. The van der Waals surface area contributed by atoms with E-state index < -0.39 is 17.8 Å². The van der Waals surface area contributed by atoms with Crippen LogP contribution in [0.15, 0.2) is 18.2 Å². The number of halogens is 1. The number of carboxylic acids is 2. The number of hydrogen-bond donors (Lipinski definition) is 3. The SMILES string of the molecule is O=C(O)c1cc(NC2CCCC(C(=O)O)C2)ccc1F. The summed E-state index contributed by atoms with van der Waals surface area (Å²) >= 11 is 0. The molecular formula is C14H16FNO4. The number of hydrogen-bond acceptors (Lipinski definition) is 3. The van der Waals surface area contributed by atoms with Crippen molar-refractivity contribution in [2.75, 3.05) is 5.32 Å². The van der Waals surface area contributed by atoms with E-state index in [0.29, 0.717) is 18.5 Å². The Balaban J connectivity index is 2.08. The summed E-state index contributed by atoms with van der Waals surface area (Å²) in [6.07, 6.45) is 2.79. The quantitative estimate of drug-likeness (QED) is 0.789. The molecule has 0 saturated heterocycles. The summed E-state index contributed by atoms with van der Waals surface area (Å²) < 4.78 is 13.3. The molecule has 3 N–H and O–H groups in total. The topological polar surface area (TPSA) is 86.6 Å². The Labute approximate surface area is 115 Å². The molecule has 0 heterocycles. The lowest BCUT2D eigenvalue weighted by molar-refractivity contribution is -0.142. The zero-order valence-electron chi connectivity index (χ0n) is 10.8. The van der Waals surface area contributed by atoms with Crippen molar-refractivity contribution >= 4 is 17.6 Å². The number of nitrogens with one attached hydrogen (secondary N) is 1. The molecule has 6 heteroatoms. The van der Waals surface area contributed by atoms with E-state index in [1.54, 1.807) is 0 Å².